The summed E-state index contributed by atoms with van der Waals surface area (Å²) in [5, 5.41) is 5.36. The zero-order valence-electron chi connectivity index (χ0n) is 19.5. The van der Waals surface area contributed by atoms with Gasteiger partial charge in [0, 0.05) is 23.3 Å². The van der Waals surface area contributed by atoms with Crippen LogP contribution in [0.2, 0.25) is 0 Å². The lowest BCUT2D eigenvalue weighted by Crippen LogP contribution is -2.23. The standard InChI is InChI=1S/C24H19N5O4S4/c1-32-16-9-8-15(12-17(16)33-2)29-21(31)19-20(28(24(34)37-19)14-6-4-3-5-7-14)27-23(29)36-13-18(30)26-22-25-10-11-35-22/h3-12H,13H2,1-2H3,(H,25,26,30). The number of para-hydroxylation sites is 1. The molecule has 13 heteroatoms. The molecule has 9 nitrogen and oxygen atoms in total. The van der Waals surface area contributed by atoms with Gasteiger partial charge in [-0.2, -0.15) is 0 Å². The van der Waals surface area contributed by atoms with Crippen LogP contribution in [0.15, 0.2) is 70.1 Å². The SMILES string of the molecule is COc1ccc(-n2c(SCC(=O)Nc3nccs3)nc3c(sc(=S)n3-c3ccccc3)c2=O)cc1OC. The summed E-state index contributed by atoms with van der Waals surface area (Å²) in [6, 6.07) is 14.6. The molecule has 0 aliphatic heterocycles. The zero-order valence-corrected chi connectivity index (χ0v) is 22.8. The number of rotatable bonds is 8. The third-order valence-corrected chi connectivity index (χ3v) is 8.21. The van der Waals surface area contributed by atoms with Crippen molar-refractivity contribution in [3.63, 3.8) is 0 Å². The van der Waals surface area contributed by atoms with Crippen molar-refractivity contribution in [3.05, 3.63) is 74.4 Å². The van der Waals surface area contributed by atoms with Gasteiger partial charge in [0.2, 0.25) is 5.91 Å². The Kier molecular flexibility index (Phi) is 7.37. The van der Waals surface area contributed by atoms with E-state index in [-0.39, 0.29) is 17.2 Å². The van der Waals surface area contributed by atoms with Crippen LogP contribution in [-0.2, 0) is 4.79 Å². The van der Waals surface area contributed by atoms with E-state index in [1.807, 2.05) is 30.3 Å². The van der Waals surface area contributed by atoms with Crippen LogP contribution >= 0.6 is 46.7 Å². The molecule has 0 unspecified atom stereocenters. The molecule has 2 aromatic carbocycles. The number of thioether (sulfide) groups is 1. The maximum Gasteiger partial charge on any atom is 0.278 e. The minimum absolute atomic E-state index is 0.0149. The number of carbonyl (C=O) groups excluding carboxylic acids is 1. The molecule has 0 radical (unpaired) electrons. The molecular formula is C24H19N5O4S4. The van der Waals surface area contributed by atoms with Gasteiger partial charge in [-0.3, -0.25) is 18.7 Å². The first kappa shape index (κ1) is 25.1. The fourth-order valence-electron chi connectivity index (χ4n) is 3.60. The number of amides is 1. The number of hydrogen-bond donors (Lipinski definition) is 1. The number of nitrogens with zero attached hydrogens (tertiary/aromatic N) is 4. The van der Waals surface area contributed by atoms with Gasteiger partial charge in [-0.1, -0.05) is 41.3 Å². The van der Waals surface area contributed by atoms with E-state index >= 15 is 0 Å². The Morgan fingerprint density at radius 1 is 1.08 bits per heavy atom. The van der Waals surface area contributed by atoms with Gasteiger partial charge in [-0.15, -0.1) is 11.3 Å². The highest BCUT2D eigenvalue weighted by atomic mass is 32.2. The molecule has 5 rings (SSSR count). The normalized spacial score (nSPS) is 11.0. The van der Waals surface area contributed by atoms with E-state index in [9.17, 15) is 9.59 Å². The average Bonchev–Trinajstić information content (AvgIpc) is 3.54. The highest BCUT2D eigenvalue weighted by Crippen LogP contribution is 2.32. The van der Waals surface area contributed by atoms with Crippen LogP contribution < -0.4 is 20.3 Å². The quantitative estimate of drug-likeness (QED) is 0.155. The smallest absolute Gasteiger partial charge is 0.278 e. The van der Waals surface area contributed by atoms with Gasteiger partial charge < -0.3 is 14.8 Å². The third-order valence-electron chi connectivity index (χ3n) is 5.23. The number of hydrogen-bond acceptors (Lipinski definition) is 10. The maximum absolute atomic E-state index is 13.9. The molecule has 0 saturated heterocycles. The summed E-state index contributed by atoms with van der Waals surface area (Å²) in [7, 11) is 3.06. The number of aromatic nitrogens is 4. The van der Waals surface area contributed by atoms with Crippen molar-refractivity contribution in [1.29, 1.82) is 0 Å². The highest BCUT2D eigenvalue weighted by Gasteiger charge is 2.21. The molecule has 3 aromatic heterocycles. The molecule has 0 aliphatic rings. The summed E-state index contributed by atoms with van der Waals surface area (Å²) in [6.07, 6.45) is 1.61. The molecule has 188 valence electrons. The molecular weight excluding hydrogens is 551 g/mol. The van der Waals surface area contributed by atoms with Crippen molar-refractivity contribution >= 4 is 68.0 Å². The van der Waals surface area contributed by atoms with Gasteiger partial charge in [-0.05, 0) is 36.5 Å². The van der Waals surface area contributed by atoms with E-state index in [1.54, 1.807) is 41.5 Å². The van der Waals surface area contributed by atoms with E-state index in [0.29, 0.717) is 41.8 Å². The topological polar surface area (TPSA) is 100 Å². The van der Waals surface area contributed by atoms with Gasteiger partial charge in [0.25, 0.3) is 5.56 Å². The predicted octanol–water partition coefficient (Wildman–Crippen LogP) is 5.17. The lowest BCUT2D eigenvalue weighted by atomic mass is 10.2. The number of carbonyl (C=O) groups is 1. The number of methoxy groups -OCH3 is 2. The highest BCUT2D eigenvalue weighted by molar-refractivity contribution is 7.99. The molecule has 0 atom stereocenters. The largest absolute Gasteiger partial charge is 0.493 e. The number of ether oxygens (including phenoxy) is 2. The molecule has 0 fully saturated rings. The second kappa shape index (κ2) is 10.8. The number of thiazole rings is 2. The summed E-state index contributed by atoms with van der Waals surface area (Å²) < 4.78 is 14.9. The van der Waals surface area contributed by atoms with Gasteiger partial charge in [0.15, 0.2) is 31.4 Å². The van der Waals surface area contributed by atoms with Crippen molar-refractivity contribution in [2.24, 2.45) is 0 Å². The van der Waals surface area contributed by atoms with E-state index in [4.69, 9.17) is 26.7 Å². The first-order valence-corrected chi connectivity index (χ1v) is 13.9. The minimum atomic E-state index is -0.300. The van der Waals surface area contributed by atoms with Crippen LogP contribution in [0.5, 0.6) is 11.5 Å². The Labute approximate surface area is 228 Å². The first-order chi connectivity index (χ1) is 18.0. The number of nitrogens with one attached hydrogen (secondary N) is 1. The molecule has 5 aromatic rings. The summed E-state index contributed by atoms with van der Waals surface area (Å²) in [4.78, 5) is 35.4. The molecule has 3 heterocycles. The Morgan fingerprint density at radius 2 is 1.86 bits per heavy atom. The summed E-state index contributed by atoms with van der Waals surface area (Å²) in [6.45, 7) is 0. The maximum atomic E-state index is 13.9. The van der Waals surface area contributed by atoms with Gasteiger partial charge >= 0.3 is 0 Å². The monoisotopic (exact) mass is 569 g/mol. The van der Waals surface area contributed by atoms with Gasteiger partial charge in [0.05, 0.1) is 25.7 Å². The molecule has 0 bridgehead atoms. The van der Waals surface area contributed by atoms with Crippen molar-refractivity contribution in [1.82, 2.24) is 19.1 Å². The lowest BCUT2D eigenvalue weighted by Gasteiger charge is -2.15. The lowest BCUT2D eigenvalue weighted by molar-refractivity contribution is -0.113. The molecule has 0 aliphatic carbocycles. The first-order valence-electron chi connectivity index (χ1n) is 10.8. The molecule has 0 saturated carbocycles. The number of anilines is 1. The van der Waals surface area contributed by atoms with Crippen LogP contribution in [0.3, 0.4) is 0 Å². The molecule has 0 spiro atoms. The van der Waals surface area contributed by atoms with E-state index in [2.05, 4.69) is 10.3 Å². The third kappa shape index (κ3) is 5.03. The second-order valence-corrected chi connectivity index (χ2v) is 10.9. The average molecular weight is 570 g/mol. The van der Waals surface area contributed by atoms with E-state index < -0.39 is 0 Å². The van der Waals surface area contributed by atoms with Crippen LogP contribution in [-0.4, -0.2) is 45.0 Å². The number of benzene rings is 2. The van der Waals surface area contributed by atoms with Crippen LogP contribution in [0.25, 0.3) is 21.7 Å². The van der Waals surface area contributed by atoms with Crippen molar-refractivity contribution < 1.29 is 14.3 Å². The van der Waals surface area contributed by atoms with E-state index in [1.165, 1.54) is 34.4 Å². The molecule has 1 N–H and O–H groups in total. The molecule has 1 amide bonds. The zero-order chi connectivity index (χ0) is 25.9. The van der Waals surface area contributed by atoms with Crippen LogP contribution in [0.1, 0.15) is 0 Å². The Bertz CT molecular complexity index is 1690. The van der Waals surface area contributed by atoms with Crippen molar-refractivity contribution in [2.75, 3.05) is 25.3 Å². The fraction of sp³-hybridized carbons (Fsp3) is 0.125. The fourth-order valence-corrected chi connectivity index (χ4v) is 6.25. The predicted molar refractivity (Wildman–Crippen MR) is 150 cm³/mol. The minimum Gasteiger partial charge on any atom is -0.493 e. The summed E-state index contributed by atoms with van der Waals surface area (Å²) in [5.74, 6) is 0.731. The van der Waals surface area contributed by atoms with Gasteiger partial charge in [0.1, 0.15) is 4.70 Å². The Hall–Kier alpha value is -3.52. The Balaban J connectivity index is 1.66. The van der Waals surface area contributed by atoms with E-state index in [0.717, 1.165) is 17.4 Å². The van der Waals surface area contributed by atoms with Crippen molar-refractivity contribution in [3.8, 4) is 22.9 Å². The summed E-state index contributed by atoms with van der Waals surface area (Å²) in [5.41, 5.74) is 1.45. The number of fused-ring (bicyclic) bond motifs is 1. The second-order valence-electron chi connectivity index (χ2n) is 7.44. The van der Waals surface area contributed by atoms with Crippen molar-refractivity contribution in [2.45, 2.75) is 5.16 Å². The van der Waals surface area contributed by atoms with Crippen LogP contribution in [0, 0.1) is 3.95 Å². The summed E-state index contributed by atoms with van der Waals surface area (Å²) >= 11 is 9.28. The Morgan fingerprint density at radius 3 is 2.57 bits per heavy atom. The van der Waals surface area contributed by atoms with Crippen LogP contribution in [0.4, 0.5) is 5.13 Å². The molecule has 37 heavy (non-hydrogen) atoms. The van der Waals surface area contributed by atoms with Gasteiger partial charge in [-0.25, -0.2) is 9.97 Å².